The minimum Gasteiger partial charge on any atom is -0.462 e. The average molecular weight is 475 g/mol. The molecule has 0 atom stereocenters. The van der Waals surface area contributed by atoms with E-state index in [1.165, 1.54) is 4.90 Å². The number of hydrogen-bond acceptors (Lipinski definition) is 5. The Morgan fingerprint density at radius 2 is 1.68 bits per heavy atom. The highest BCUT2D eigenvalue weighted by molar-refractivity contribution is 8.18. The lowest BCUT2D eigenvalue weighted by Crippen LogP contribution is -2.27. The van der Waals surface area contributed by atoms with E-state index in [1.54, 1.807) is 25.1 Å². The minimum atomic E-state index is -0.350. The molecule has 7 heteroatoms. The summed E-state index contributed by atoms with van der Waals surface area (Å²) in [6.07, 6.45) is 1.78. The summed E-state index contributed by atoms with van der Waals surface area (Å²) in [5.41, 5.74) is 6.22. The predicted octanol–water partition coefficient (Wildman–Crippen LogP) is 5.82. The van der Waals surface area contributed by atoms with E-state index in [9.17, 15) is 14.4 Å². The molecule has 1 fully saturated rings. The zero-order valence-electron chi connectivity index (χ0n) is 19.6. The fourth-order valence-corrected chi connectivity index (χ4v) is 4.77. The lowest BCUT2D eigenvalue weighted by Gasteiger charge is -2.12. The second-order valence-electron chi connectivity index (χ2n) is 8.18. The molecule has 0 aliphatic carbocycles. The van der Waals surface area contributed by atoms with Crippen LogP contribution in [0.5, 0.6) is 0 Å². The largest absolute Gasteiger partial charge is 0.462 e. The summed E-state index contributed by atoms with van der Waals surface area (Å²) in [4.78, 5) is 39.2. The van der Waals surface area contributed by atoms with Crippen LogP contribution in [0.15, 0.2) is 59.5 Å². The van der Waals surface area contributed by atoms with E-state index >= 15 is 0 Å². The molecule has 4 rings (SSSR count). The van der Waals surface area contributed by atoms with Crippen LogP contribution in [0, 0.1) is 20.8 Å². The molecule has 0 radical (unpaired) electrons. The maximum atomic E-state index is 13.0. The van der Waals surface area contributed by atoms with E-state index in [4.69, 9.17) is 4.74 Å². The van der Waals surface area contributed by atoms with Gasteiger partial charge < -0.3 is 9.30 Å². The SMILES string of the molecule is CCOC(=O)c1ccc(-n2c(C)cc(/C=C3\SC(=O)N(Cc4ccc(C)cc4)C3=O)c2C)cc1. The summed E-state index contributed by atoms with van der Waals surface area (Å²) in [7, 11) is 0. The third-order valence-electron chi connectivity index (χ3n) is 5.73. The molecule has 0 spiro atoms. The topological polar surface area (TPSA) is 68.6 Å². The number of esters is 1. The molecular formula is C27H26N2O4S. The first-order valence-electron chi connectivity index (χ1n) is 11.1. The van der Waals surface area contributed by atoms with Gasteiger partial charge in [0, 0.05) is 17.1 Å². The van der Waals surface area contributed by atoms with Crippen molar-refractivity contribution in [2.24, 2.45) is 0 Å². The summed E-state index contributed by atoms with van der Waals surface area (Å²) < 4.78 is 7.10. The van der Waals surface area contributed by atoms with Crippen molar-refractivity contribution in [2.75, 3.05) is 6.61 Å². The molecule has 174 valence electrons. The highest BCUT2D eigenvalue weighted by Gasteiger charge is 2.35. The van der Waals surface area contributed by atoms with Gasteiger partial charge in [0.25, 0.3) is 11.1 Å². The van der Waals surface area contributed by atoms with Gasteiger partial charge in [-0.15, -0.1) is 0 Å². The van der Waals surface area contributed by atoms with E-state index in [0.29, 0.717) is 17.1 Å². The lowest BCUT2D eigenvalue weighted by molar-refractivity contribution is -0.123. The molecule has 6 nitrogen and oxygen atoms in total. The number of nitrogens with zero attached hydrogens (tertiary/aromatic N) is 2. The molecular weight excluding hydrogens is 448 g/mol. The number of rotatable bonds is 6. The predicted molar refractivity (Wildman–Crippen MR) is 134 cm³/mol. The first kappa shape index (κ1) is 23.6. The molecule has 0 unspecified atom stereocenters. The quantitative estimate of drug-likeness (QED) is 0.333. The van der Waals surface area contributed by atoms with Crippen LogP contribution in [0.2, 0.25) is 0 Å². The van der Waals surface area contributed by atoms with E-state index < -0.39 is 0 Å². The lowest BCUT2D eigenvalue weighted by atomic mass is 10.1. The second-order valence-corrected chi connectivity index (χ2v) is 9.18. The fourth-order valence-electron chi connectivity index (χ4n) is 3.95. The molecule has 1 aliphatic heterocycles. The van der Waals surface area contributed by atoms with Crippen molar-refractivity contribution in [1.82, 2.24) is 9.47 Å². The maximum Gasteiger partial charge on any atom is 0.338 e. The Morgan fingerprint density at radius 1 is 1.00 bits per heavy atom. The molecule has 1 saturated heterocycles. The van der Waals surface area contributed by atoms with Crippen LogP contribution in [0.3, 0.4) is 0 Å². The molecule has 34 heavy (non-hydrogen) atoms. The van der Waals surface area contributed by atoms with Crippen LogP contribution in [-0.2, 0) is 16.1 Å². The molecule has 1 aliphatic rings. The number of aryl methyl sites for hydroxylation is 2. The Hall–Kier alpha value is -3.58. The summed E-state index contributed by atoms with van der Waals surface area (Å²) in [6.45, 7) is 8.31. The number of ether oxygens (including phenoxy) is 1. The first-order valence-corrected chi connectivity index (χ1v) is 11.9. The second kappa shape index (κ2) is 9.73. The van der Waals surface area contributed by atoms with Crippen molar-refractivity contribution in [3.63, 3.8) is 0 Å². The number of aromatic nitrogens is 1. The van der Waals surface area contributed by atoms with Crippen LogP contribution in [0.1, 0.15) is 45.4 Å². The molecule has 0 bridgehead atoms. The Morgan fingerprint density at radius 3 is 2.32 bits per heavy atom. The molecule has 1 aromatic heterocycles. The van der Waals surface area contributed by atoms with E-state index in [0.717, 1.165) is 45.5 Å². The molecule has 2 aromatic carbocycles. The monoisotopic (exact) mass is 474 g/mol. The molecule has 3 aromatic rings. The van der Waals surface area contributed by atoms with E-state index in [2.05, 4.69) is 4.57 Å². The minimum absolute atomic E-state index is 0.258. The van der Waals surface area contributed by atoms with Gasteiger partial charge in [0.1, 0.15) is 0 Å². The van der Waals surface area contributed by atoms with Crippen molar-refractivity contribution in [3.8, 4) is 5.69 Å². The zero-order valence-corrected chi connectivity index (χ0v) is 20.4. The molecule has 0 N–H and O–H groups in total. The highest BCUT2D eigenvalue weighted by Crippen LogP contribution is 2.34. The normalized spacial score (nSPS) is 14.8. The Balaban J connectivity index is 1.57. The number of benzene rings is 2. The highest BCUT2D eigenvalue weighted by atomic mass is 32.2. The van der Waals surface area contributed by atoms with Crippen LogP contribution in [-0.4, -0.2) is 33.2 Å². The van der Waals surface area contributed by atoms with Gasteiger partial charge in [-0.05, 0) is 87.0 Å². The molecule has 2 amide bonds. The third kappa shape index (κ3) is 4.70. The van der Waals surface area contributed by atoms with Crippen molar-refractivity contribution >= 4 is 35.0 Å². The number of carbonyl (C=O) groups is 3. The number of imide groups is 1. The van der Waals surface area contributed by atoms with Crippen molar-refractivity contribution < 1.29 is 19.1 Å². The van der Waals surface area contributed by atoms with Crippen molar-refractivity contribution in [3.05, 3.63) is 93.1 Å². The molecule has 2 heterocycles. The zero-order chi connectivity index (χ0) is 24.4. The van der Waals surface area contributed by atoms with Gasteiger partial charge in [0.15, 0.2) is 0 Å². The summed E-state index contributed by atoms with van der Waals surface area (Å²) in [5, 5.41) is -0.264. The maximum absolute atomic E-state index is 13.0. The number of hydrogen-bond donors (Lipinski definition) is 0. The summed E-state index contributed by atoms with van der Waals surface area (Å²) >= 11 is 0.966. The molecule has 0 saturated carbocycles. The number of carbonyl (C=O) groups excluding carboxylic acids is 3. The van der Waals surface area contributed by atoms with Crippen LogP contribution >= 0.6 is 11.8 Å². The van der Waals surface area contributed by atoms with Gasteiger partial charge in [0.05, 0.1) is 23.6 Å². The third-order valence-corrected chi connectivity index (χ3v) is 6.64. The van der Waals surface area contributed by atoms with E-state index in [1.807, 2.05) is 63.2 Å². The van der Waals surface area contributed by atoms with Gasteiger partial charge in [-0.1, -0.05) is 29.8 Å². The van der Waals surface area contributed by atoms with Crippen LogP contribution < -0.4 is 0 Å². The van der Waals surface area contributed by atoms with Gasteiger partial charge in [-0.25, -0.2) is 4.79 Å². The van der Waals surface area contributed by atoms with Gasteiger partial charge in [0.2, 0.25) is 0 Å². The van der Waals surface area contributed by atoms with Crippen molar-refractivity contribution in [2.45, 2.75) is 34.2 Å². The number of amides is 2. The smallest absolute Gasteiger partial charge is 0.338 e. The Kier molecular flexibility index (Phi) is 6.75. The summed E-state index contributed by atoms with van der Waals surface area (Å²) in [5.74, 6) is -0.629. The first-order chi connectivity index (χ1) is 16.3. The van der Waals surface area contributed by atoms with Crippen LogP contribution in [0.25, 0.3) is 11.8 Å². The fraction of sp³-hybridized carbons (Fsp3) is 0.222. The van der Waals surface area contributed by atoms with Gasteiger partial charge in [-0.3, -0.25) is 14.5 Å². The van der Waals surface area contributed by atoms with Gasteiger partial charge in [-0.2, -0.15) is 0 Å². The average Bonchev–Trinajstić information content (AvgIpc) is 3.24. The number of thioether (sulfide) groups is 1. The standard InChI is InChI=1S/C27H26N2O4S/c1-5-33-26(31)21-10-12-23(13-11-21)29-18(3)14-22(19(29)4)15-24-25(30)28(27(32)34-24)16-20-8-6-17(2)7-9-20/h6-15H,5,16H2,1-4H3/b24-15-. The van der Waals surface area contributed by atoms with Gasteiger partial charge >= 0.3 is 5.97 Å². The van der Waals surface area contributed by atoms with Crippen molar-refractivity contribution in [1.29, 1.82) is 0 Å². The Labute approximate surface area is 203 Å². The van der Waals surface area contributed by atoms with Crippen LogP contribution in [0.4, 0.5) is 4.79 Å². The summed E-state index contributed by atoms with van der Waals surface area (Å²) in [6, 6.07) is 17.0. The Bertz CT molecular complexity index is 1290. The van der Waals surface area contributed by atoms with E-state index in [-0.39, 0.29) is 23.7 Å².